The molecule has 0 saturated heterocycles. The standard InChI is InChI=1S/C11H12BrN/c12-9-3-1-2-7-6-8(10(7)9)11(13)4-5-11/h1-3,8H,4-6,13H2. The van der Waals surface area contributed by atoms with Crippen LogP contribution in [-0.4, -0.2) is 5.54 Å². The topological polar surface area (TPSA) is 26.0 Å². The maximum Gasteiger partial charge on any atom is 0.0228 e. The first-order valence-electron chi connectivity index (χ1n) is 4.77. The van der Waals surface area contributed by atoms with Crippen LogP contribution in [-0.2, 0) is 6.42 Å². The number of fused-ring (bicyclic) bond motifs is 1. The molecular weight excluding hydrogens is 226 g/mol. The molecule has 1 unspecified atom stereocenters. The van der Waals surface area contributed by atoms with Gasteiger partial charge in [-0.2, -0.15) is 0 Å². The predicted octanol–water partition coefficient (Wildman–Crippen LogP) is 2.58. The monoisotopic (exact) mass is 237 g/mol. The van der Waals surface area contributed by atoms with Crippen molar-refractivity contribution in [2.45, 2.75) is 30.7 Å². The van der Waals surface area contributed by atoms with Gasteiger partial charge in [0.1, 0.15) is 0 Å². The zero-order valence-corrected chi connectivity index (χ0v) is 8.97. The minimum atomic E-state index is 0.150. The Kier molecular flexibility index (Phi) is 1.46. The van der Waals surface area contributed by atoms with E-state index in [2.05, 4.69) is 34.1 Å². The average molecular weight is 238 g/mol. The summed E-state index contributed by atoms with van der Waals surface area (Å²) in [4.78, 5) is 0. The smallest absolute Gasteiger partial charge is 0.0228 e. The Morgan fingerprint density at radius 1 is 1.38 bits per heavy atom. The molecule has 1 aromatic rings. The Bertz CT molecular complexity index is 354. The first-order chi connectivity index (χ1) is 6.21. The number of hydrogen-bond donors (Lipinski definition) is 1. The molecule has 2 aliphatic carbocycles. The summed E-state index contributed by atoms with van der Waals surface area (Å²) in [6.45, 7) is 0. The Morgan fingerprint density at radius 3 is 2.77 bits per heavy atom. The summed E-state index contributed by atoms with van der Waals surface area (Å²) < 4.78 is 1.25. The average Bonchev–Trinajstić information content (AvgIpc) is 2.73. The fraction of sp³-hybridized carbons (Fsp3) is 0.455. The highest BCUT2D eigenvalue weighted by molar-refractivity contribution is 9.10. The highest BCUT2D eigenvalue weighted by atomic mass is 79.9. The highest BCUT2D eigenvalue weighted by Gasteiger charge is 2.50. The number of hydrogen-bond acceptors (Lipinski definition) is 1. The van der Waals surface area contributed by atoms with Crippen molar-refractivity contribution in [2.24, 2.45) is 5.73 Å². The highest BCUT2D eigenvalue weighted by Crippen LogP contribution is 2.54. The van der Waals surface area contributed by atoms with E-state index in [1.165, 1.54) is 34.9 Å². The zero-order chi connectivity index (χ0) is 9.05. The number of benzene rings is 1. The van der Waals surface area contributed by atoms with Crippen molar-refractivity contribution in [1.82, 2.24) is 0 Å². The van der Waals surface area contributed by atoms with Crippen LogP contribution in [0, 0.1) is 0 Å². The van der Waals surface area contributed by atoms with E-state index in [0.717, 1.165) is 0 Å². The molecule has 2 N–H and O–H groups in total. The molecule has 68 valence electrons. The third-order valence-electron chi connectivity index (χ3n) is 3.44. The van der Waals surface area contributed by atoms with Crippen LogP contribution in [0.1, 0.15) is 29.9 Å². The van der Waals surface area contributed by atoms with E-state index < -0.39 is 0 Å². The van der Waals surface area contributed by atoms with Crippen molar-refractivity contribution in [3.63, 3.8) is 0 Å². The summed E-state index contributed by atoms with van der Waals surface area (Å²) in [5, 5.41) is 0. The van der Waals surface area contributed by atoms with E-state index in [9.17, 15) is 0 Å². The first kappa shape index (κ1) is 8.01. The Morgan fingerprint density at radius 2 is 2.15 bits per heavy atom. The fourth-order valence-electron chi connectivity index (χ4n) is 2.32. The molecule has 1 atom stereocenters. The van der Waals surface area contributed by atoms with Crippen LogP contribution in [0.15, 0.2) is 22.7 Å². The van der Waals surface area contributed by atoms with E-state index in [-0.39, 0.29) is 5.54 Å². The SMILES string of the molecule is NC1(C2Cc3cccc(Br)c32)CC1. The summed E-state index contributed by atoms with van der Waals surface area (Å²) in [6, 6.07) is 6.44. The molecule has 0 aromatic heterocycles. The zero-order valence-electron chi connectivity index (χ0n) is 7.39. The number of halogens is 1. The Labute approximate surface area is 86.5 Å². The summed E-state index contributed by atoms with van der Waals surface area (Å²) >= 11 is 3.60. The molecule has 0 spiro atoms. The van der Waals surface area contributed by atoms with Gasteiger partial charge in [-0.05, 0) is 36.5 Å². The van der Waals surface area contributed by atoms with Crippen LogP contribution < -0.4 is 5.73 Å². The van der Waals surface area contributed by atoms with E-state index in [1.807, 2.05) is 0 Å². The van der Waals surface area contributed by atoms with Gasteiger partial charge in [0.05, 0.1) is 0 Å². The predicted molar refractivity (Wildman–Crippen MR) is 56.7 cm³/mol. The van der Waals surface area contributed by atoms with Crippen molar-refractivity contribution in [3.05, 3.63) is 33.8 Å². The molecule has 0 amide bonds. The maximum atomic E-state index is 6.21. The molecule has 0 aliphatic heterocycles. The lowest BCUT2D eigenvalue weighted by molar-refractivity contribution is 0.467. The molecule has 1 saturated carbocycles. The molecule has 0 radical (unpaired) electrons. The quantitative estimate of drug-likeness (QED) is 0.799. The van der Waals surface area contributed by atoms with Crippen molar-refractivity contribution >= 4 is 15.9 Å². The lowest BCUT2D eigenvalue weighted by Crippen LogP contribution is -2.37. The number of rotatable bonds is 1. The Balaban J connectivity index is 2.04. The second-order valence-electron chi connectivity index (χ2n) is 4.30. The van der Waals surface area contributed by atoms with E-state index in [0.29, 0.717) is 5.92 Å². The van der Waals surface area contributed by atoms with Gasteiger partial charge in [-0.3, -0.25) is 0 Å². The van der Waals surface area contributed by atoms with Gasteiger partial charge in [0, 0.05) is 15.9 Å². The normalized spacial score (nSPS) is 27.7. The largest absolute Gasteiger partial charge is 0.325 e. The molecule has 2 aliphatic rings. The molecule has 2 heteroatoms. The second-order valence-corrected chi connectivity index (χ2v) is 5.16. The number of nitrogens with two attached hydrogens (primary N) is 1. The van der Waals surface area contributed by atoms with Crippen molar-refractivity contribution in [3.8, 4) is 0 Å². The molecule has 0 bridgehead atoms. The fourth-order valence-corrected chi connectivity index (χ4v) is 3.01. The van der Waals surface area contributed by atoms with Gasteiger partial charge >= 0.3 is 0 Å². The van der Waals surface area contributed by atoms with Gasteiger partial charge in [0.15, 0.2) is 0 Å². The van der Waals surface area contributed by atoms with Crippen LogP contribution >= 0.6 is 15.9 Å². The van der Waals surface area contributed by atoms with Crippen LogP contribution in [0.2, 0.25) is 0 Å². The first-order valence-corrected chi connectivity index (χ1v) is 5.56. The maximum absolute atomic E-state index is 6.21. The molecule has 0 heterocycles. The minimum Gasteiger partial charge on any atom is -0.325 e. The van der Waals surface area contributed by atoms with Crippen molar-refractivity contribution in [2.75, 3.05) is 0 Å². The molecule has 1 fully saturated rings. The summed E-state index contributed by atoms with van der Waals surface area (Å²) in [6.07, 6.45) is 3.60. The second kappa shape index (κ2) is 2.37. The van der Waals surface area contributed by atoms with Gasteiger partial charge in [-0.1, -0.05) is 28.1 Å². The van der Waals surface area contributed by atoms with E-state index in [1.54, 1.807) is 0 Å². The van der Waals surface area contributed by atoms with Crippen LogP contribution in [0.25, 0.3) is 0 Å². The van der Waals surface area contributed by atoms with Crippen LogP contribution in [0.5, 0.6) is 0 Å². The van der Waals surface area contributed by atoms with Gasteiger partial charge in [0.25, 0.3) is 0 Å². The van der Waals surface area contributed by atoms with Crippen molar-refractivity contribution < 1.29 is 0 Å². The minimum absolute atomic E-state index is 0.150. The summed E-state index contributed by atoms with van der Waals surface area (Å²) in [7, 11) is 0. The summed E-state index contributed by atoms with van der Waals surface area (Å²) in [5.74, 6) is 0.623. The van der Waals surface area contributed by atoms with Gasteiger partial charge in [0.2, 0.25) is 0 Å². The van der Waals surface area contributed by atoms with Crippen molar-refractivity contribution in [1.29, 1.82) is 0 Å². The van der Waals surface area contributed by atoms with E-state index >= 15 is 0 Å². The van der Waals surface area contributed by atoms with Gasteiger partial charge in [-0.25, -0.2) is 0 Å². The molecule has 1 nitrogen and oxygen atoms in total. The third-order valence-corrected chi connectivity index (χ3v) is 4.13. The molecule has 1 aromatic carbocycles. The van der Waals surface area contributed by atoms with Crippen LogP contribution in [0.4, 0.5) is 0 Å². The third kappa shape index (κ3) is 1.02. The molecular formula is C11H12BrN. The summed E-state index contributed by atoms with van der Waals surface area (Å²) in [5.41, 5.74) is 9.32. The lowest BCUT2D eigenvalue weighted by Gasteiger charge is -2.36. The van der Waals surface area contributed by atoms with Gasteiger partial charge < -0.3 is 5.73 Å². The lowest BCUT2D eigenvalue weighted by atomic mass is 9.72. The van der Waals surface area contributed by atoms with Crippen LogP contribution in [0.3, 0.4) is 0 Å². The Hall–Kier alpha value is -0.340. The molecule has 13 heavy (non-hydrogen) atoms. The van der Waals surface area contributed by atoms with Gasteiger partial charge in [-0.15, -0.1) is 0 Å². The van der Waals surface area contributed by atoms with E-state index in [4.69, 9.17) is 5.73 Å². The molecule has 3 rings (SSSR count).